The molecule has 2 nitrogen and oxygen atoms in total. The van der Waals surface area contributed by atoms with Gasteiger partial charge in [0.2, 0.25) is 0 Å². The van der Waals surface area contributed by atoms with E-state index in [0.29, 0.717) is 0 Å². The summed E-state index contributed by atoms with van der Waals surface area (Å²) in [5.74, 6) is 0. The fourth-order valence-corrected chi connectivity index (χ4v) is 3.14. The minimum atomic E-state index is 0.0259. The topological polar surface area (TPSA) is 32.9 Å². The molecule has 1 N–H and O–H groups in total. The third-order valence-electron chi connectivity index (χ3n) is 3.40. The Kier molecular flexibility index (Phi) is 4.45. The van der Waals surface area contributed by atoms with Crippen LogP contribution >= 0.6 is 22.6 Å². The molecule has 0 amide bonds. The second-order valence-electron chi connectivity index (χ2n) is 4.87. The summed E-state index contributed by atoms with van der Waals surface area (Å²) < 4.78 is 0.821. The Labute approximate surface area is 127 Å². The van der Waals surface area contributed by atoms with Crippen molar-refractivity contribution in [3.63, 3.8) is 0 Å². The van der Waals surface area contributed by atoms with Crippen LogP contribution in [0, 0.1) is 17.4 Å². The van der Waals surface area contributed by atoms with Gasteiger partial charge >= 0.3 is 0 Å². The van der Waals surface area contributed by atoms with Crippen molar-refractivity contribution in [2.24, 2.45) is 0 Å². The summed E-state index contributed by atoms with van der Waals surface area (Å²) in [6, 6.07) is 8.48. The van der Waals surface area contributed by atoms with E-state index < -0.39 is 0 Å². The minimum absolute atomic E-state index is 0.0259. The Morgan fingerprint density at radius 1 is 1.21 bits per heavy atom. The van der Waals surface area contributed by atoms with Gasteiger partial charge in [-0.15, -0.1) is 0 Å². The zero-order valence-corrected chi connectivity index (χ0v) is 13.7. The first-order valence-corrected chi connectivity index (χ1v) is 7.56. The summed E-state index contributed by atoms with van der Waals surface area (Å²) in [6.45, 7) is 6.21. The highest BCUT2D eigenvalue weighted by molar-refractivity contribution is 14.1. The van der Waals surface area contributed by atoms with Gasteiger partial charge in [-0.2, -0.15) is 0 Å². The van der Waals surface area contributed by atoms with Crippen molar-refractivity contribution < 1.29 is 0 Å². The van der Waals surface area contributed by atoms with E-state index in [-0.39, 0.29) is 5.56 Å². The Hall–Kier alpha value is -1.10. The predicted molar refractivity (Wildman–Crippen MR) is 87.9 cm³/mol. The van der Waals surface area contributed by atoms with E-state index >= 15 is 0 Å². The van der Waals surface area contributed by atoms with E-state index in [0.717, 1.165) is 22.1 Å². The van der Waals surface area contributed by atoms with Gasteiger partial charge in [0.05, 0.1) is 3.57 Å². The van der Waals surface area contributed by atoms with E-state index in [9.17, 15) is 4.79 Å². The SMILES string of the molecule is CCc1c(C)[nH]c(=O)c(I)c1Cc1cccc(C)c1. The van der Waals surface area contributed by atoms with Gasteiger partial charge in [0.25, 0.3) is 5.56 Å². The molecular weight excluding hydrogens is 349 g/mol. The van der Waals surface area contributed by atoms with Crippen LogP contribution < -0.4 is 5.56 Å². The van der Waals surface area contributed by atoms with Gasteiger partial charge in [-0.1, -0.05) is 36.8 Å². The number of benzene rings is 1. The number of aryl methyl sites for hydroxylation is 2. The summed E-state index contributed by atoms with van der Waals surface area (Å²) in [6.07, 6.45) is 1.77. The van der Waals surface area contributed by atoms with Crippen LogP contribution in [-0.4, -0.2) is 4.98 Å². The number of pyridine rings is 1. The predicted octanol–water partition coefficient (Wildman–Crippen LogP) is 3.75. The van der Waals surface area contributed by atoms with Crippen LogP contribution in [-0.2, 0) is 12.8 Å². The van der Waals surface area contributed by atoms with Crippen molar-refractivity contribution in [3.8, 4) is 0 Å². The lowest BCUT2D eigenvalue weighted by atomic mass is 9.97. The van der Waals surface area contributed by atoms with Crippen LogP contribution in [0.3, 0.4) is 0 Å². The molecule has 0 spiro atoms. The first-order chi connectivity index (χ1) is 9.02. The monoisotopic (exact) mass is 367 g/mol. The number of rotatable bonds is 3. The molecule has 0 aliphatic rings. The number of hydrogen-bond donors (Lipinski definition) is 1. The van der Waals surface area contributed by atoms with Crippen molar-refractivity contribution in [2.45, 2.75) is 33.6 Å². The molecule has 3 heteroatoms. The Balaban J connectivity index is 2.53. The molecular formula is C16H18INO. The molecule has 0 bridgehead atoms. The molecule has 1 aromatic heterocycles. The van der Waals surface area contributed by atoms with Crippen LogP contribution in [0.1, 0.15) is 34.9 Å². The van der Waals surface area contributed by atoms with E-state index in [1.807, 2.05) is 6.92 Å². The number of aromatic nitrogens is 1. The first-order valence-electron chi connectivity index (χ1n) is 6.48. The average Bonchev–Trinajstić information content (AvgIpc) is 2.36. The second-order valence-corrected chi connectivity index (χ2v) is 5.95. The molecule has 1 heterocycles. The highest BCUT2D eigenvalue weighted by Gasteiger charge is 2.13. The number of nitrogens with one attached hydrogen (secondary N) is 1. The van der Waals surface area contributed by atoms with Crippen LogP contribution in [0.4, 0.5) is 0 Å². The lowest BCUT2D eigenvalue weighted by molar-refractivity contribution is 0.961. The fourth-order valence-electron chi connectivity index (χ4n) is 2.49. The molecule has 0 radical (unpaired) electrons. The standard InChI is InChI=1S/C16H18INO/c1-4-13-11(3)18-16(19)15(17)14(13)9-12-7-5-6-10(2)8-12/h5-8H,4,9H2,1-3H3,(H,18,19). The summed E-state index contributed by atoms with van der Waals surface area (Å²) in [5.41, 5.74) is 5.98. The second kappa shape index (κ2) is 5.90. The largest absolute Gasteiger partial charge is 0.325 e. The molecule has 2 aromatic rings. The lowest BCUT2D eigenvalue weighted by Gasteiger charge is -2.13. The molecule has 2 rings (SSSR count). The van der Waals surface area contributed by atoms with Crippen molar-refractivity contribution in [1.82, 2.24) is 4.98 Å². The molecule has 0 aliphatic heterocycles. The number of halogens is 1. The lowest BCUT2D eigenvalue weighted by Crippen LogP contribution is -2.17. The van der Waals surface area contributed by atoms with E-state index in [4.69, 9.17) is 0 Å². The summed E-state index contributed by atoms with van der Waals surface area (Å²) in [5, 5.41) is 0. The van der Waals surface area contributed by atoms with Crippen molar-refractivity contribution >= 4 is 22.6 Å². The summed E-state index contributed by atoms with van der Waals surface area (Å²) in [7, 11) is 0. The third kappa shape index (κ3) is 3.08. The van der Waals surface area contributed by atoms with E-state index in [1.54, 1.807) is 0 Å². The van der Waals surface area contributed by atoms with E-state index in [2.05, 4.69) is 65.7 Å². The summed E-state index contributed by atoms with van der Waals surface area (Å²) >= 11 is 2.16. The zero-order chi connectivity index (χ0) is 14.0. The Morgan fingerprint density at radius 2 is 1.95 bits per heavy atom. The first kappa shape index (κ1) is 14.3. The fraction of sp³-hybridized carbons (Fsp3) is 0.312. The molecule has 1 aromatic carbocycles. The van der Waals surface area contributed by atoms with Gasteiger partial charge in [0.1, 0.15) is 0 Å². The molecule has 0 saturated heterocycles. The van der Waals surface area contributed by atoms with Crippen molar-refractivity contribution in [1.29, 1.82) is 0 Å². The van der Waals surface area contributed by atoms with Gasteiger partial charge in [0.15, 0.2) is 0 Å². The van der Waals surface area contributed by atoms with Gasteiger partial charge < -0.3 is 4.98 Å². The van der Waals surface area contributed by atoms with Crippen molar-refractivity contribution in [3.05, 3.63) is 66.1 Å². The molecule has 0 unspecified atom stereocenters. The highest BCUT2D eigenvalue weighted by Crippen LogP contribution is 2.21. The maximum atomic E-state index is 11.9. The average molecular weight is 367 g/mol. The summed E-state index contributed by atoms with van der Waals surface area (Å²) in [4.78, 5) is 14.9. The molecule has 0 fully saturated rings. The van der Waals surface area contributed by atoms with Gasteiger partial charge in [0, 0.05) is 5.69 Å². The molecule has 19 heavy (non-hydrogen) atoms. The number of hydrogen-bond acceptors (Lipinski definition) is 1. The van der Waals surface area contributed by atoms with Crippen molar-refractivity contribution in [2.75, 3.05) is 0 Å². The van der Waals surface area contributed by atoms with Gasteiger partial charge in [-0.3, -0.25) is 4.79 Å². The van der Waals surface area contributed by atoms with Crippen LogP contribution in [0.25, 0.3) is 0 Å². The van der Waals surface area contributed by atoms with Gasteiger partial charge in [-0.25, -0.2) is 0 Å². The van der Waals surface area contributed by atoms with Gasteiger partial charge in [-0.05, 0) is 66.0 Å². The smallest absolute Gasteiger partial charge is 0.261 e. The number of H-pyrrole nitrogens is 1. The minimum Gasteiger partial charge on any atom is -0.325 e. The van der Waals surface area contributed by atoms with Crippen LogP contribution in [0.5, 0.6) is 0 Å². The maximum Gasteiger partial charge on any atom is 0.261 e. The molecule has 0 aliphatic carbocycles. The zero-order valence-electron chi connectivity index (χ0n) is 11.5. The Morgan fingerprint density at radius 3 is 2.58 bits per heavy atom. The number of aromatic amines is 1. The van der Waals surface area contributed by atoms with Crippen LogP contribution in [0.15, 0.2) is 29.1 Å². The molecule has 0 atom stereocenters. The Bertz CT molecular complexity index is 658. The maximum absolute atomic E-state index is 11.9. The third-order valence-corrected chi connectivity index (χ3v) is 4.54. The van der Waals surface area contributed by atoms with E-state index in [1.165, 1.54) is 22.3 Å². The quantitative estimate of drug-likeness (QED) is 0.824. The molecule has 0 saturated carbocycles. The van der Waals surface area contributed by atoms with Crippen LogP contribution in [0.2, 0.25) is 0 Å². The normalized spacial score (nSPS) is 10.7. The highest BCUT2D eigenvalue weighted by atomic mass is 127. The molecule has 100 valence electrons.